The number of ketones is 1. The molecule has 1 saturated heterocycles. The van der Waals surface area contributed by atoms with E-state index in [1.807, 2.05) is 30.3 Å². The Morgan fingerprint density at radius 1 is 0.925 bits per heavy atom. The Morgan fingerprint density at radius 2 is 1.70 bits per heavy atom. The first-order valence-electron chi connectivity index (χ1n) is 13.2. The summed E-state index contributed by atoms with van der Waals surface area (Å²) in [5, 5.41) is 7.58. The van der Waals surface area contributed by atoms with Gasteiger partial charge in [-0.3, -0.25) is 14.8 Å². The number of urea groups is 1. The molecule has 1 fully saturated rings. The fourth-order valence-electron chi connectivity index (χ4n) is 5.03. The maximum atomic E-state index is 12.3. The zero-order valence-electron chi connectivity index (χ0n) is 22.4. The molecule has 2 aromatic heterocycles. The summed E-state index contributed by atoms with van der Waals surface area (Å²) in [6, 6.07) is 21.9. The number of imidazole rings is 1. The summed E-state index contributed by atoms with van der Waals surface area (Å²) < 4.78 is 0. The van der Waals surface area contributed by atoms with Gasteiger partial charge in [-0.05, 0) is 68.1 Å². The largest absolute Gasteiger partial charge is 0.369 e. The fraction of sp³-hybridized carbons (Fsp3) is 0.200. The lowest BCUT2D eigenvalue weighted by Gasteiger charge is -2.34. The maximum Gasteiger partial charge on any atom is 0.323 e. The third-order valence-corrected chi connectivity index (χ3v) is 7.32. The van der Waals surface area contributed by atoms with Crippen LogP contribution in [0, 0.1) is 0 Å². The highest BCUT2D eigenvalue weighted by Crippen LogP contribution is 2.30. The minimum Gasteiger partial charge on any atom is -0.369 e. The molecule has 0 spiro atoms. The van der Waals surface area contributed by atoms with Crippen LogP contribution in [0.4, 0.5) is 21.9 Å². The molecule has 3 heterocycles. The highest BCUT2D eigenvalue weighted by atomic mass is 16.2. The number of nitrogens with zero attached hydrogens (tertiary/aromatic N) is 5. The number of likely N-dealkylation sites (N-methyl/N-ethyl adjacent to an activating group) is 1. The summed E-state index contributed by atoms with van der Waals surface area (Å²) in [5.41, 5.74) is 12.8. The van der Waals surface area contributed by atoms with Crippen molar-refractivity contribution in [3.63, 3.8) is 0 Å². The summed E-state index contributed by atoms with van der Waals surface area (Å²) in [5.74, 6) is 0.603. The van der Waals surface area contributed by atoms with Crippen molar-refractivity contribution in [2.45, 2.75) is 6.92 Å². The molecule has 6 rings (SSSR count). The molecule has 0 aliphatic carbocycles. The number of hydrogen-bond donors (Lipinski definition) is 3. The second-order valence-corrected chi connectivity index (χ2v) is 10.1. The number of fused-ring (bicyclic) bond motifs is 1. The molecule has 1 aliphatic rings. The van der Waals surface area contributed by atoms with Gasteiger partial charge in [-0.15, -0.1) is 0 Å². The Morgan fingerprint density at radius 3 is 2.42 bits per heavy atom. The predicted molar refractivity (Wildman–Crippen MR) is 157 cm³/mol. The van der Waals surface area contributed by atoms with Gasteiger partial charge in [0.2, 0.25) is 0 Å². The molecule has 202 valence electrons. The van der Waals surface area contributed by atoms with Crippen molar-refractivity contribution in [3.8, 4) is 22.8 Å². The Hall–Kier alpha value is -4.96. The number of aromatic amines is 2. The molecule has 4 N–H and O–H groups in total. The van der Waals surface area contributed by atoms with Crippen LogP contribution < -0.4 is 15.5 Å². The second kappa shape index (κ2) is 10.3. The lowest BCUT2D eigenvalue weighted by Crippen LogP contribution is -2.44. The van der Waals surface area contributed by atoms with E-state index in [1.165, 1.54) is 17.5 Å². The van der Waals surface area contributed by atoms with E-state index in [2.05, 4.69) is 50.2 Å². The summed E-state index contributed by atoms with van der Waals surface area (Å²) in [6.07, 6.45) is 0. The summed E-state index contributed by atoms with van der Waals surface area (Å²) in [7, 11) is 2.15. The molecular formula is C30H30N8O2. The fourth-order valence-corrected chi connectivity index (χ4v) is 5.03. The number of amides is 2. The minimum absolute atomic E-state index is 0.0865. The SMILES string of the molecule is CC(=O)c1cccc(N(C(N)=O)c2ccc(-c3cc(-c4nc5cc(N6CCN(C)CC6)ccc5[nH]4)n[nH]3)cc2)c1. The summed E-state index contributed by atoms with van der Waals surface area (Å²) in [6.45, 7) is 5.59. The third kappa shape index (κ3) is 4.92. The van der Waals surface area contributed by atoms with Gasteiger partial charge < -0.3 is 20.5 Å². The zero-order chi connectivity index (χ0) is 27.8. The minimum atomic E-state index is -0.641. The number of benzene rings is 3. The highest BCUT2D eigenvalue weighted by molar-refractivity contribution is 6.01. The molecule has 10 heteroatoms. The quantitative estimate of drug-likeness (QED) is 0.269. The number of rotatable bonds is 6. The first-order valence-corrected chi connectivity index (χ1v) is 13.2. The van der Waals surface area contributed by atoms with Gasteiger partial charge in [-0.2, -0.15) is 5.10 Å². The van der Waals surface area contributed by atoms with E-state index in [-0.39, 0.29) is 5.78 Å². The predicted octanol–water partition coefficient (Wildman–Crippen LogP) is 4.79. The monoisotopic (exact) mass is 534 g/mol. The number of carbonyl (C=O) groups is 2. The number of Topliss-reactive ketones (excluding diaryl/α,β-unsaturated/α-hetero) is 1. The normalized spacial score (nSPS) is 14.0. The molecule has 3 aromatic carbocycles. The van der Waals surface area contributed by atoms with Gasteiger partial charge in [0.25, 0.3) is 0 Å². The van der Waals surface area contributed by atoms with Crippen molar-refractivity contribution in [2.24, 2.45) is 5.73 Å². The third-order valence-electron chi connectivity index (χ3n) is 7.32. The van der Waals surface area contributed by atoms with E-state index >= 15 is 0 Å². The van der Waals surface area contributed by atoms with Gasteiger partial charge >= 0.3 is 6.03 Å². The van der Waals surface area contributed by atoms with Gasteiger partial charge in [0.1, 0.15) is 5.69 Å². The van der Waals surface area contributed by atoms with Crippen molar-refractivity contribution in [1.29, 1.82) is 0 Å². The van der Waals surface area contributed by atoms with Crippen LogP contribution in [0.2, 0.25) is 0 Å². The molecule has 0 radical (unpaired) electrons. The first-order chi connectivity index (χ1) is 19.4. The Labute approximate surface area is 231 Å². The van der Waals surface area contributed by atoms with E-state index in [0.717, 1.165) is 48.5 Å². The molecule has 10 nitrogen and oxygen atoms in total. The standard InChI is InChI=1S/C30H30N8O2/c1-19(39)21-4-3-5-24(16-21)38(30(31)40)22-8-6-20(7-9-22)26-18-28(35-34-26)29-32-25-11-10-23(17-27(25)33-29)37-14-12-36(2)13-15-37/h3-11,16-18H,12-15H2,1-2H3,(H2,31,40)(H,32,33)(H,34,35). The number of aromatic nitrogens is 4. The summed E-state index contributed by atoms with van der Waals surface area (Å²) in [4.78, 5) is 38.4. The van der Waals surface area contributed by atoms with E-state index in [1.54, 1.807) is 24.3 Å². The topological polar surface area (TPSA) is 127 Å². The molecule has 0 unspecified atom stereocenters. The van der Waals surface area contributed by atoms with Crippen LogP contribution in [-0.2, 0) is 0 Å². The van der Waals surface area contributed by atoms with E-state index in [0.29, 0.717) is 28.5 Å². The van der Waals surface area contributed by atoms with Crippen molar-refractivity contribution in [2.75, 3.05) is 43.0 Å². The van der Waals surface area contributed by atoms with Crippen molar-refractivity contribution in [1.82, 2.24) is 25.1 Å². The van der Waals surface area contributed by atoms with Crippen molar-refractivity contribution >= 4 is 39.9 Å². The average Bonchev–Trinajstić information content (AvgIpc) is 3.61. The number of carbonyl (C=O) groups excluding carboxylic acids is 2. The number of anilines is 3. The smallest absolute Gasteiger partial charge is 0.323 e. The second-order valence-electron chi connectivity index (χ2n) is 10.1. The lowest BCUT2D eigenvalue weighted by atomic mass is 10.1. The molecule has 5 aromatic rings. The number of nitrogens with one attached hydrogen (secondary N) is 2. The van der Waals surface area contributed by atoms with E-state index in [9.17, 15) is 9.59 Å². The van der Waals surface area contributed by atoms with Crippen molar-refractivity contribution < 1.29 is 9.59 Å². The van der Waals surface area contributed by atoms with E-state index in [4.69, 9.17) is 10.7 Å². The summed E-state index contributed by atoms with van der Waals surface area (Å²) >= 11 is 0. The number of nitrogens with two attached hydrogens (primary N) is 1. The number of H-pyrrole nitrogens is 2. The Bertz CT molecular complexity index is 1700. The van der Waals surface area contributed by atoms with Crippen LogP contribution in [0.3, 0.4) is 0 Å². The average molecular weight is 535 g/mol. The van der Waals surface area contributed by atoms with Gasteiger partial charge in [0.15, 0.2) is 11.6 Å². The molecule has 1 aliphatic heterocycles. The number of piperazine rings is 1. The van der Waals surface area contributed by atoms with Gasteiger partial charge in [0.05, 0.1) is 28.1 Å². The molecule has 0 bridgehead atoms. The number of hydrogen-bond acceptors (Lipinski definition) is 6. The Kier molecular flexibility index (Phi) is 6.53. The zero-order valence-corrected chi connectivity index (χ0v) is 22.4. The highest BCUT2D eigenvalue weighted by Gasteiger charge is 2.18. The van der Waals surface area contributed by atoms with Crippen LogP contribution in [0.5, 0.6) is 0 Å². The van der Waals surface area contributed by atoms with Crippen molar-refractivity contribution in [3.05, 3.63) is 78.4 Å². The maximum absolute atomic E-state index is 12.3. The van der Waals surface area contributed by atoms with Gasteiger partial charge in [0, 0.05) is 37.4 Å². The molecular weight excluding hydrogens is 504 g/mol. The lowest BCUT2D eigenvalue weighted by molar-refractivity contribution is 0.101. The number of primary amides is 1. The first kappa shape index (κ1) is 25.3. The van der Waals surface area contributed by atoms with Crippen LogP contribution in [0.25, 0.3) is 33.8 Å². The van der Waals surface area contributed by atoms with Gasteiger partial charge in [-0.25, -0.2) is 9.78 Å². The van der Waals surface area contributed by atoms with Gasteiger partial charge in [-0.1, -0.05) is 24.3 Å². The van der Waals surface area contributed by atoms with Crippen LogP contribution in [-0.4, -0.2) is 70.1 Å². The molecule has 0 saturated carbocycles. The molecule has 40 heavy (non-hydrogen) atoms. The molecule has 2 amide bonds. The Balaban J connectivity index is 1.23. The van der Waals surface area contributed by atoms with Crippen LogP contribution in [0.1, 0.15) is 17.3 Å². The molecule has 0 atom stereocenters. The van der Waals surface area contributed by atoms with E-state index < -0.39 is 6.03 Å². The van der Waals surface area contributed by atoms with Crippen LogP contribution in [0.15, 0.2) is 72.8 Å². The van der Waals surface area contributed by atoms with Crippen LogP contribution >= 0.6 is 0 Å².